The van der Waals surface area contributed by atoms with Gasteiger partial charge in [-0.1, -0.05) is 32.6 Å². The molecule has 0 bridgehead atoms. The van der Waals surface area contributed by atoms with Crippen LogP contribution in [0.25, 0.3) is 0 Å². The molecule has 24 heavy (non-hydrogen) atoms. The van der Waals surface area contributed by atoms with E-state index < -0.39 is 0 Å². The number of rotatable bonds is 2. The molecule has 2 aliphatic heterocycles. The topological polar surface area (TPSA) is 32.8 Å². The fourth-order valence-electron chi connectivity index (χ4n) is 5.87. The first-order valence-corrected chi connectivity index (χ1v) is 10.4. The number of morpholine rings is 1. The lowest BCUT2D eigenvalue weighted by Crippen LogP contribution is -2.59. The number of carbonyl (C=O) groups excluding carboxylic acids is 1. The van der Waals surface area contributed by atoms with Crippen LogP contribution < -0.4 is 0 Å². The van der Waals surface area contributed by atoms with Crippen molar-refractivity contribution < 1.29 is 9.53 Å². The average molecular weight is 335 g/mol. The van der Waals surface area contributed by atoms with Crippen molar-refractivity contribution in [3.05, 3.63) is 0 Å². The molecule has 2 aliphatic carbocycles. The summed E-state index contributed by atoms with van der Waals surface area (Å²) < 4.78 is 5.94. The summed E-state index contributed by atoms with van der Waals surface area (Å²) in [5.74, 6) is 2.04. The lowest BCUT2D eigenvalue weighted by molar-refractivity contribution is -0.152. The fourth-order valence-corrected chi connectivity index (χ4v) is 5.87. The summed E-state index contributed by atoms with van der Waals surface area (Å²) in [4.78, 5) is 17.8. The van der Waals surface area contributed by atoms with Crippen molar-refractivity contribution in [2.75, 3.05) is 26.2 Å². The SMILES string of the molecule is C[C@@H]1CCN(CC(=O)N2CCO[C@@H]3CCCC[C@@H]32)[C@H]2CCCC[C@H]12. The highest BCUT2D eigenvalue weighted by Crippen LogP contribution is 2.39. The van der Waals surface area contributed by atoms with Gasteiger partial charge >= 0.3 is 0 Å². The zero-order valence-corrected chi connectivity index (χ0v) is 15.3. The van der Waals surface area contributed by atoms with Gasteiger partial charge in [-0.05, 0) is 50.5 Å². The molecule has 136 valence electrons. The molecular formula is C20H34N2O2. The maximum absolute atomic E-state index is 13.1. The first-order valence-electron chi connectivity index (χ1n) is 10.4. The minimum absolute atomic E-state index is 0.306. The van der Waals surface area contributed by atoms with Gasteiger partial charge in [-0.15, -0.1) is 0 Å². The maximum atomic E-state index is 13.1. The number of amides is 1. The van der Waals surface area contributed by atoms with Crippen LogP contribution in [0.2, 0.25) is 0 Å². The Bertz CT molecular complexity index is 453. The average Bonchev–Trinajstić information content (AvgIpc) is 2.64. The Labute approximate surface area is 146 Å². The van der Waals surface area contributed by atoms with Gasteiger partial charge < -0.3 is 9.64 Å². The molecule has 4 heteroatoms. The standard InChI is InChI=1S/C20H34N2O2/c1-15-10-11-21(17-7-3-2-6-16(15)17)14-20(23)22-12-13-24-19-9-5-4-8-18(19)22/h15-19H,2-14H2,1H3/t15-,16-,17+,18+,19-/m1/s1. The first-order chi connectivity index (χ1) is 11.7. The molecule has 2 heterocycles. The number of fused-ring (bicyclic) bond motifs is 2. The first kappa shape index (κ1) is 16.8. The Balaban J connectivity index is 1.41. The van der Waals surface area contributed by atoms with Crippen molar-refractivity contribution in [1.29, 1.82) is 0 Å². The third kappa shape index (κ3) is 3.24. The molecule has 4 rings (SSSR count). The van der Waals surface area contributed by atoms with Gasteiger partial charge in [-0.25, -0.2) is 0 Å². The molecule has 4 fully saturated rings. The van der Waals surface area contributed by atoms with Gasteiger partial charge in [-0.3, -0.25) is 9.69 Å². The highest BCUT2D eigenvalue weighted by Gasteiger charge is 2.41. The summed E-state index contributed by atoms with van der Waals surface area (Å²) in [5.41, 5.74) is 0. The molecule has 0 aromatic carbocycles. The third-order valence-electron chi connectivity index (χ3n) is 7.24. The zero-order valence-electron chi connectivity index (χ0n) is 15.3. The second-order valence-corrected chi connectivity index (χ2v) is 8.60. The Hall–Kier alpha value is -0.610. The summed E-state index contributed by atoms with van der Waals surface area (Å²) in [6.45, 7) is 5.73. The largest absolute Gasteiger partial charge is 0.374 e. The van der Waals surface area contributed by atoms with Crippen LogP contribution in [0.5, 0.6) is 0 Å². The molecule has 4 aliphatic rings. The number of likely N-dealkylation sites (tertiary alicyclic amines) is 1. The lowest BCUT2D eigenvalue weighted by atomic mass is 9.72. The molecule has 2 saturated heterocycles. The molecule has 0 spiro atoms. The van der Waals surface area contributed by atoms with Gasteiger partial charge in [0.2, 0.25) is 5.91 Å². The number of hydrogen-bond acceptors (Lipinski definition) is 3. The van der Waals surface area contributed by atoms with Crippen molar-refractivity contribution in [3.63, 3.8) is 0 Å². The van der Waals surface area contributed by atoms with E-state index in [-0.39, 0.29) is 0 Å². The molecule has 0 radical (unpaired) electrons. The van der Waals surface area contributed by atoms with E-state index in [1.54, 1.807) is 0 Å². The van der Waals surface area contributed by atoms with Crippen molar-refractivity contribution in [3.8, 4) is 0 Å². The van der Waals surface area contributed by atoms with Crippen LogP contribution in [0.4, 0.5) is 0 Å². The van der Waals surface area contributed by atoms with Crippen LogP contribution in [0.1, 0.15) is 64.7 Å². The van der Waals surface area contributed by atoms with E-state index in [9.17, 15) is 4.79 Å². The zero-order chi connectivity index (χ0) is 16.5. The van der Waals surface area contributed by atoms with E-state index in [1.165, 1.54) is 44.9 Å². The predicted molar refractivity (Wildman–Crippen MR) is 94.8 cm³/mol. The molecule has 0 unspecified atom stereocenters. The van der Waals surface area contributed by atoms with Gasteiger partial charge in [-0.2, -0.15) is 0 Å². The minimum atomic E-state index is 0.306. The van der Waals surface area contributed by atoms with E-state index in [0.29, 0.717) is 30.6 Å². The molecule has 0 N–H and O–H groups in total. The van der Waals surface area contributed by atoms with Crippen molar-refractivity contribution in [1.82, 2.24) is 9.80 Å². The Kier molecular flexibility index (Phi) is 5.14. The van der Waals surface area contributed by atoms with Gasteiger partial charge in [0.15, 0.2) is 0 Å². The molecular weight excluding hydrogens is 300 g/mol. The van der Waals surface area contributed by atoms with Gasteiger partial charge in [0.05, 0.1) is 25.3 Å². The van der Waals surface area contributed by atoms with Crippen LogP contribution in [-0.2, 0) is 9.53 Å². The van der Waals surface area contributed by atoms with Crippen LogP contribution in [0, 0.1) is 11.8 Å². The Morgan fingerprint density at radius 3 is 2.58 bits per heavy atom. The molecule has 1 amide bonds. The van der Waals surface area contributed by atoms with E-state index in [1.807, 2.05) is 0 Å². The van der Waals surface area contributed by atoms with Crippen LogP contribution in [0.15, 0.2) is 0 Å². The molecule has 5 atom stereocenters. The number of ether oxygens (including phenoxy) is 1. The number of nitrogens with zero attached hydrogens (tertiary/aromatic N) is 2. The Morgan fingerprint density at radius 2 is 1.71 bits per heavy atom. The fraction of sp³-hybridized carbons (Fsp3) is 0.950. The monoisotopic (exact) mass is 334 g/mol. The lowest BCUT2D eigenvalue weighted by Gasteiger charge is -2.49. The van der Waals surface area contributed by atoms with Crippen LogP contribution in [-0.4, -0.2) is 60.1 Å². The second-order valence-electron chi connectivity index (χ2n) is 8.60. The number of hydrogen-bond donors (Lipinski definition) is 0. The molecule has 4 nitrogen and oxygen atoms in total. The van der Waals surface area contributed by atoms with Gasteiger partial charge in [0.1, 0.15) is 0 Å². The van der Waals surface area contributed by atoms with Crippen molar-refractivity contribution in [2.24, 2.45) is 11.8 Å². The summed E-state index contributed by atoms with van der Waals surface area (Å²) in [7, 11) is 0. The molecule has 2 saturated carbocycles. The van der Waals surface area contributed by atoms with Crippen molar-refractivity contribution in [2.45, 2.75) is 82.9 Å². The van der Waals surface area contributed by atoms with Crippen molar-refractivity contribution >= 4 is 5.91 Å². The van der Waals surface area contributed by atoms with Gasteiger partial charge in [0.25, 0.3) is 0 Å². The highest BCUT2D eigenvalue weighted by atomic mass is 16.5. The second kappa shape index (κ2) is 7.33. The van der Waals surface area contributed by atoms with Gasteiger partial charge in [0, 0.05) is 12.6 Å². The summed E-state index contributed by atoms with van der Waals surface area (Å²) >= 11 is 0. The molecule has 0 aromatic heterocycles. The number of piperidine rings is 1. The van der Waals surface area contributed by atoms with Crippen LogP contribution >= 0.6 is 0 Å². The maximum Gasteiger partial charge on any atom is 0.237 e. The summed E-state index contributed by atoms with van der Waals surface area (Å²) in [6.07, 6.45) is 11.8. The number of carbonyl (C=O) groups is 1. The van der Waals surface area contributed by atoms with E-state index in [2.05, 4.69) is 16.7 Å². The minimum Gasteiger partial charge on any atom is -0.374 e. The summed E-state index contributed by atoms with van der Waals surface area (Å²) in [6, 6.07) is 1.01. The third-order valence-corrected chi connectivity index (χ3v) is 7.24. The smallest absolute Gasteiger partial charge is 0.237 e. The normalized spacial score (nSPS) is 40.7. The Morgan fingerprint density at radius 1 is 0.958 bits per heavy atom. The molecule has 0 aromatic rings. The quantitative estimate of drug-likeness (QED) is 0.778. The predicted octanol–water partition coefficient (Wildman–Crippen LogP) is 3.06. The van der Waals surface area contributed by atoms with E-state index >= 15 is 0 Å². The van der Waals surface area contributed by atoms with E-state index in [4.69, 9.17) is 4.74 Å². The van der Waals surface area contributed by atoms with Crippen LogP contribution in [0.3, 0.4) is 0 Å². The highest BCUT2D eigenvalue weighted by molar-refractivity contribution is 5.79. The summed E-state index contributed by atoms with van der Waals surface area (Å²) in [5, 5.41) is 0. The van der Waals surface area contributed by atoms with E-state index in [0.717, 1.165) is 44.4 Å².